The molecular formula is C21H22ClN5. The van der Waals surface area contributed by atoms with Crippen molar-refractivity contribution in [2.45, 2.75) is 0 Å². The van der Waals surface area contributed by atoms with Gasteiger partial charge < -0.3 is 15.1 Å². The molecule has 1 aromatic heterocycles. The van der Waals surface area contributed by atoms with Crippen LogP contribution in [0.2, 0.25) is 5.02 Å². The summed E-state index contributed by atoms with van der Waals surface area (Å²) in [4.78, 5) is 14.1. The van der Waals surface area contributed by atoms with Crippen LogP contribution in [0.1, 0.15) is 0 Å². The van der Waals surface area contributed by atoms with Crippen LogP contribution in [0.4, 0.5) is 17.5 Å². The Kier molecular flexibility index (Phi) is 5.23. The molecule has 1 N–H and O–H groups in total. The van der Waals surface area contributed by atoms with E-state index in [9.17, 15) is 0 Å². The highest BCUT2D eigenvalue weighted by Gasteiger charge is 2.18. The number of likely N-dealkylation sites (N-methyl/N-ethyl adjacent to an activating group) is 1. The fourth-order valence-corrected chi connectivity index (χ4v) is 3.31. The van der Waals surface area contributed by atoms with Crippen LogP contribution in [0, 0.1) is 0 Å². The van der Waals surface area contributed by atoms with Gasteiger partial charge in [-0.1, -0.05) is 54.1 Å². The molecule has 0 amide bonds. The van der Waals surface area contributed by atoms with Crippen molar-refractivity contribution >= 4 is 29.1 Å². The van der Waals surface area contributed by atoms with Crippen LogP contribution in [0.25, 0.3) is 11.3 Å². The van der Waals surface area contributed by atoms with E-state index in [0.717, 1.165) is 48.9 Å². The number of nitrogens with one attached hydrogen (secondary N) is 1. The number of benzene rings is 2. The minimum atomic E-state index is 0.554. The van der Waals surface area contributed by atoms with Gasteiger partial charge in [0, 0.05) is 37.8 Å². The van der Waals surface area contributed by atoms with Crippen LogP contribution in [0.15, 0.2) is 60.7 Å². The van der Waals surface area contributed by atoms with E-state index in [2.05, 4.69) is 40.4 Å². The lowest BCUT2D eigenvalue weighted by atomic mass is 10.1. The molecule has 4 rings (SSSR count). The molecule has 6 heteroatoms. The molecule has 0 atom stereocenters. The lowest BCUT2D eigenvalue weighted by Gasteiger charge is -2.33. The summed E-state index contributed by atoms with van der Waals surface area (Å²) in [7, 11) is 2.15. The third-order valence-corrected chi connectivity index (χ3v) is 5.06. The Hall–Kier alpha value is -2.63. The van der Waals surface area contributed by atoms with Crippen molar-refractivity contribution in [1.29, 1.82) is 0 Å². The Morgan fingerprint density at radius 3 is 2.33 bits per heavy atom. The topological polar surface area (TPSA) is 44.3 Å². The Morgan fingerprint density at radius 1 is 0.889 bits per heavy atom. The molecule has 27 heavy (non-hydrogen) atoms. The molecule has 1 saturated heterocycles. The van der Waals surface area contributed by atoms with Gasteiger partial charge in [0.1, 0.15) is 5.82 Å². The van der Waals surface area contributed by atoms with E-state index in [1.807, 2.05) is 42.5 Å². The summed E-state index contributed by atoms with van der Waals surface area (Å²) in [5, 5.41) is 3.93. The highest BCUT2D eigenvalue weighted by Crippen LogP contribution is 2.28. The summed E-state index contributed by atoms with van der Waals surface area (Å²) in [6.07, 6.45) is 0. The van der Waals surface area contributed by atoms with Crippen molar-refractivity contribution in [1.82, 2.24) is 14.9 Å². The number of rotatable bonds is 4. The molecular weight excluding hydrogens is 358 g/mol. The van der Waals surface area contributed by atoms with E-state index in [1.165, 1.54) is 0 Å². The molecule has 1 fully saturated rings. The van der Waals surface area contributed by atoms with Crippen LogP contribution in [-0.2, 0) is 0 Å². The van der Waals surface area contributed by atoms with Gasteiger partial charge in [-0.25, -0.2) is 4.98 Å². The summed E-state index contributed by atoms with van der Waals surface area (Å²) in [6, 6.07) is 19.9. The van der Waals surface area contributed by atoms with Gasteiger partial charge in [-0.15, -0.1) is 0 Å². The highest BCUT2D eigenvalue weighted by molar-refractivity contribution is 6.33. The Bertz CT molecular complexity index is 907. The third kappa shape index (κ3) is 4.21. The first-order valence-corrected chi connectivity index (χ1v) is 9.46. The summed E-state index contributed by atoms with van der Waals surface area (Å²) < 4.78 is 0. The van der Waals surface area contributed by atoms with Gasteiger partial charge in [0.15, 0.2) is 0 Å². The normalized spacial score (nSPS) is 15.0. The predicted octanol–water partition coefficient (Wildman–Crippen LogP) is 4.29. The monoisotopic (exact) mass is 379 g/mol. The minimum absolute atomic E-state index is 0.554. The van der Waals surface area contributed by atoms with E-state index >= 15 is 0 Å². The Balaban J connectivity index is 1.71. The second-order valence-electron chi connectivity index (χ2n) is 6.70. The Labute approximate surface area is 164 Å². The first-order chi connectivity index (χ1) is 13.2. The summed E-state index contributed by atoms with van der Waals surface area (Å²) in [6.45, 7) is 3.95. The zero-order valence-corrected chi connectivity index (χ0v) is 16.0. The van der Waals surface area contributed by atoms with Crippen molar-refractivity contribution in [3.63, 3.8) is 0 Å². The smallest absolute Gasteiger partial charge is 0.229 e. The van der Waals surface area contributed by atoms with Gasteiger partial charge in [-0.05, 0) is 19.2 Å². The molecule has 0 unspecified atom stereocenters. The number of aromatic nitrogens is 2. The number of hydrogen-bond donors (Lipinski definition) is 1. The standard InChI is InChI=1S/C21H22ClN5/c1-26-11-13-27(14-12-26)20-15-19(16-7-3-2-4-8-16)24-21(25-20)23-18-10-6-5-9-17(18)22/h2-10,15H,11-14H2,1H3,(H,23,24,25). The highest BCUT2D eigenvalue weighted by atomic mass is 35.5. The molecule has 1 aliphatic rings. The quantitative estimate of drug-likeness (QED) is 0.732. The van der Waals surface area contributed by atoms with Crippen LogP contribution in [-0.4, -0.2) is 48.1 Å². The number of nitrogens with zero attached hydrogens (tertiary/aromatic N) is 4. The van der Waals surface area contributed by atoms with Crippen LogP contribution < -0.4 is 10.2 Å². The molecule has 5 nitrogen and oxygen atoms in total. The lowest BCUT2D eigenvalue weighted by Crippen LogP contribution is -2.44. The number of anilines is 3. The van der Waals surface area contributed by atoms with E-state index in [0.29, 0.717) is 11.0 Å². The van der Waals surface area contributed by atoms with Crippen molar-refractivity contribution in [2.24, 2.45) is 0 Å². The maximum Gasteiger partial charge on any atom is 0.229 e. The molecule has 0 saturated carbocycles. The fraction of sp³-hybridized carbons (Fsp3) is 0.238. The molecule has 0 radical (unpaired) electrons. The van der Waals surface area contributed by atoms with Gasteiger partial charge in [0.05, 0.1) is 16.4 Å². The van der Waals surface area contributed by atoms with Gasteiger partial charge >= 0.3 is 0 Å². The largest absolute Gasteiger partial charge is 0.354 e. The van der Waals surface area contributed by atoms with Crippen molar-refractivity contribution in [2.75, 3.05) is 43.4 Å². The molecule has 2 aromatic carbocycles. The average Bonchev–Trinajstić information content (AvgIpc) is 2.71. The molecule has 3 aromatic rings. The molecule has 0 bridgehead atoms. The molecule has 1 aliphatic heterocycles. The maximum absolute atomic E-state index is 6.30. The average molecular weight is 380 g/mol. The van der Waals surface area contributed by atoms with Gasteiger partial charge in [-0.3, -0.25) is 0 Å². The summed E-state index contributed by atoms with van der Waals surface area (Å²) in [5.74, 6) is 1.49. The molecule has 2 heterocycles. The van der Waals surface area contributed by atoms with E-state index in [1.54, 1.807) is 0 Å². The fourth-order valence-electron chi connectivity index (χ4n) is 3.13. The Morgan fingerprint density at radius 2 is 1.59 bits per heavy atom. The molecule has 0 aliphatic carbocycles. The lowest BCUT2D eigenvalue weighted by molar-refractivity contribution is 0.312. The van der Waals surface area contributed by atoms with Crippen LogP contribution in [0.5, 0.6) is 0 Å². The number of piperazine rings is 1. The van der Waals surface area contributed by atoms with Crippen molar-refractivity contribution in [3.8, 4) is 11.3 Å². The van der Waals surface area contributed by atoms with Gasteiger partial charge in [0.2, 0.25) is 5.95 Å². The van der Waals surface area contributed by atoms with E-state index in [-0.39, 0.29) is 0 Å². The molecule has 0 spiro atoms. The van der Waals surface area contributed by atoms with Crippen molar-refractivity contribution < 1.29 is 0 Å². The van der Waals surface area contributed by atoms with Crippen molar-refractivity contribution in [3.05, 3.63) is 65.7 Å². The number of halogens is 1. The predicted molar refractivity (Wildman–Crippen MR) is 112 cm³/mol. The van der Waals surface area contributed by atoms with Gasteiger partial charge in [-0.2, -0.15) is 4.98 Å². The number of hydrogen-bond acceptors (Lipinski definition) is 5. The van der Waals surface area contributed by atoms with Crippen LogP contribution in [0.3, 0.4) is 0 Å². The first-order valence-electron chi connectivity index (χ1n) is 9.08. The minimum Gasteiger partial charge on any atom is -0.354 e. The zero-order chi connectivity index (χ0) is 18.6. The second kappa shape index (κ2) is 7.94. The molecule has 138 valence electrons. The van der Waals surface area contributed by atoms with Gasteiger partial charge in [0.25, 0.3) is 0 Å². The second-order valence-corrected chi connectivity index (χ2v) is 7.10. The SMILES string of the molecule is CN1CCN(c2cc(-c3ccccc3)nc(Nc3ccccc3Cl)n2)CC1. The maximum atomic E-state index is 6.30. The summed E-state index contributed by atoms with van der Waals surface area (Å²) >= 11 is 6.30. The zero-order valence-electron chi connectivity index (χ0n) is 15.3. The third-order valence-electron chi connectivity index (χ3n) is 4.73. The van der Waals surface area contributed by atoms with Crippen LogP contribution >= 0.6 is 11.6 Å². The van der Waals surface area contributed by atoms with E-state index < -0.39 is 0 Å². The first kappa shape index (κ1) is 17.8. The van der Waals surface area contributed by atoms with E-state index in [4.69, 9.17) is 21.6 Å². The number of para-hydroxylation sites is 1. The summed E-state index contributed by atoms with van der Waals surface area (Å²) in [5.41, 5.74) is 2.76.